The molecule has 146 valence electrons. The molecule has 2 aromatic rings. The van der Waals surface area contributed by atoms with Gasteiger partial charge >= 0.3 is 0 Å². The van der Waals surface area contributed by atoms with Crippen LogP contribution in [0.25, 0.3) is 0 Å². The summed E-state index contributed by atoms with van der Waals surface area (Å²) < 4.78 is 0.529. The monoisotopic (exact) mass is 453 g/mol. The Kier molecular flexibility index (Phi) is 6.60. The SMILES string of the molecule is Cl.O=C1NC(=S)SC1Cc1cccc2c1CCC(=O)N2Cc1ccc(Cl)nc1. The van der Waals surface area contributed by atoms with Crippen molar-refractivity contribution in [3.05, 3.63) is 58.4 Å². The van der Waals surface area contributed by atoms with E-state index in [9.17, 15) is 9.59 Å². The van der Waals surface area contributed by atoms with Crippen LogP contribution in [0.3, 0.4) is 0 Å². The Balaban J connectivity index is 0.00000225. The molecular formula is C19H17Cl2N3O2S2. The number of nitrogens with zero attached hydrogens (tertiary/aromatic N) is 2. The van der Waals surface area contributed by atoms with Gasteiger partial charge in [0.15, 0.2) is 0 Å². The second-order valence-electron chi connectivity index (χ2n) is 6.47. The van der Waals surface area contributed by atoms with Crippen LogP contribution in [-0.2, 0) is 29.0 Å². The van der Waals surface area contributed by atoms with Crippen LogP contribution < -0.4 is 10.2 Å². The number of fused-ring (bicyclic) bond motifs is 1. The number of rotatable bonds is 4. The van der Waals surface area contributed by atoms with Crippen molar-refractivity contribution in [3.63, 3.8) is 0 Å². The number of aromatic nitrogens is 1. The van der Waals surface area contributed by atoms with E-state index >= 15 is 0 Å². The zero-order valence-electron chi connectivity index (χ0n) is 14.7. The number of carbonyl (C=O) groups is 2. The molecule has 2 amide bonds. The van der Waals surface area contributed by atoms with E-state index in [0.29, 0.717) is 35.3 Å². The lowest BCUT2D eigenvalue weighted by atomic mass is 9.93. The third kappa shape index (κ3) is 4.33. The highest BCUT2D eigenvalue weighted by Gasteiger charge is 2.32. The number of thiocarbonyl (C=S) groups is 1. The van der Waals surface area contributed by atoms with Crippen molar-refractivity contribution in [2.45, 2.75) is 31.1 Å². The highest BCUT2D eigenvalue weighted by Crippen LogP contribution is 2.34. The molecule has 4 rings (SSSR count). The number of benzene rings is 1. The van der Waals surface area contributed by atoms with Crippen molar-refractivity contribution < 1.29 is 9.59 Å². The van der Waals surface area contributed by atoms with E-state index in [0.717, 1.165) is 22.4 Å². The third-order valence-electron chi connectivity index (χ3n) is 4.73. The second kappa shape index (κ2) is 8.78. The molecule has 1 unspecified atom stereocenters. The highest BCUT2D eigenvalue weighted by molar-refractivity contribution is 8.24. The summed E-state index contributed by atoms with van der Waals surface area (Å²) in [5.74, 6) is 0.0438. The third-order valence-corrected chi connectivity index (χ3v) is 6.33. The van der Waals surface area contributed by atoms with Gasteiger partial charge in [0, 0.05) is 18.3 Å². The fourth-order valence-electron chi connectivity index (χ4n) is 3.44. The lowest BCUT2D eigenvalue weighted by Gasteiger charge is -2.31. The second-order valence-corrected chi connectivity index (χ2v) is 8.74. The number of hydrogen-bond donors (Lipinski definition) is 1. The highest BCUT2D eigenvalue weighted by atomic mass is 35.5. The molecule has 0 aliphatic carbocycles. The van der Waals surface area contributed by atoms with Crippen LogP contribution >= 0.6 is 48.0 Å². The van der Waals surface area contributed by atoms with Crippen molar-refractivity contribution in [3.8, 4) is 0 Å². The van der Waals surface area contributed by atoms with Gasteiger partial charge in [-0.3, -0.25) is 9.59 Å². The largest absolute Gasteiger partial charge is 0.311 e. The molecule has 0 radical (unpaired) electrons. The molecule has 1 aromatic carbocycles. The van der Waals surface area contributed by atoms with Crippen LogP contribution in [0.5, 0.6) is 0 Å². The first kappa shape index (κ1) is 21.0. The molecule has 0 bridgehead atoms. The first-order chi connectivity index (χ1) is 13.0. The Morgan fingerprint density at radius 1 is 1.25 bits per heavy atom. The summed E-state index contributed by atoms with van der Waals surface area (Å²) in [4.78, 5) is 30.5. The summed E-state index contributed by atoms with van der Waals surface area (Å²) in [6.45, 7) is 0.447. The fraction of sp³-hybridized carbons (Fsp3) is 0.263. The number of anilines is 1. The number of halogens is 2. The maximum atomic E-state index is 12.6. The normalized spacial score (nSPS) is 18.5. The van der Waals surface area contributed by atoms with Gasteiger partial charge in [-0.25, -0.2) is 4.98 Å². The zero-order valence-corrected chi connectivity index (χ0v) is 17.9. The Morgan fingerprint density at radius 2 is 2.07 bits per heavy atom. The predicted molar refractivity (Wildman–Crippen MR) is 118 cm³/mol. The number of carbonyl (C=O) groups excluding carboxylic acids is 2. The van der Waals surface area contributed by atoms with E-state index in [-0.39, 0.29) is 29.5 Å². The van der Waals surface area contributed by atoms with Crippen molar-refractivity contribution in [1.29, 1.82) is 0 Å². The van der Waals surface area contributed by atoms with E-state index in [1.54, 1.807) is 17.2 Å². The number of nitrogens with one attached hydrogen (secondary N) is 1. The first-order valence-electron chi connectivity index (χ1n) is 8.54. The lowest BCUT2D eigenvalue weighted by molar-refractivity contribution is -0.119. The summed E-state index contributed by atoms with van der Waals surface area (Å²) in [5, 5.41) is 2.91. The van der Waals surface area contributed by atoms with Crippen molar-refractivity contribution in [1.82, 2.24) is 10.3 Å². The molecular weight excluding hydrogens is 437 g/mol. The van der Waals surface area contributed by atoms with Crippen molar-refractivity contribution in [2.75, 3.05) is 4.90 Å². The molecule has 0 saturated carbocycles. The zero-order chi connectivity index (χ0) is 19.0. The standard InChI is InChI=1S/C19H16ClN3O2S2.ClH/c20-16-6-4-11(9-21-16)10-23-14-3-1-2-12(13(14)5-7-17(23)24)8-15-18(25)22-19(26)27-15;/h1-4,6,9,15H,5,7-8,10H2,(H,22,25,26);1H. The summed E-state index contributed by atoms with van der Waals surface area (Å²) in [6.07, 6.45) is 3.43. The Labute approximate surface area is 183 Å². The molecule has 1 atom stereocenters. The Morgan fingerprint density at radius 3 is 2.75 bits per heavy atom. The molecule has 3 heterocycles. The molecule has 1 N–H and O–H groups in total. The van der Waals surface area contributed by atoms with Crippen LogP contribution in [0.4, 0.5) is 5.69 Å². The summed E-state index contributed by atoms with van der Waals surface area (Å²) in [7, 11) is 0. The summed E-state index contributed by atoms with van der Waals surface area (Å²) in [6, 6.07) is 9.54. The molecule has 28 heavy (non-hydrogen) atoms. The van der Waals surface area contributed by atoms with Gasteiger partial charge in [0.2, 0.25) is 11.8 Å². The minimum atomic E-state index is -0.212. The predicted octanol–water partition coefficient (Wildman–Crippen LogP) is 3.70. The van der Waals surface area contributed by atoms with Gasteiger partial charge in [0.1, 0.15) is 9.47 Å². The number of thioether (sulfide) groups is 1. The average molecular weight is 454 g/mol. The van der Waals surface area contributed by atoms with E-state index < -0.39 is 0 Å². The topological polar surface area (TPSA) is 62.3 Å². The molecule has 1 aromatic heterocycles. The molecule has 2 aliphatic rings. The van der Waals surface area contributed by atoms with Crippen LogP contribution in [0.15, 0.2) is 36.5 Å². The quantitative estimate of drug-likeness (QED) is 0.564. The van der Waals surface area contributed by atoms with Crippen LogP contribution in [0.2, 0.25) is 5.15 Å². The minimum absolute atomic E-state index is 0. The van der Waals surface area contributed by atoms with Gasteiger partial charge in [-0.05, 0) is 41.7 Å². The van der Waals surface area contributed by atoms with Gasteiger partial charge in [-0.1, -0.05) is 53.8 Å². The molecule has 1 fully saturated rings. The summed E-state index contributed by atoms with van der Waals surface area (Å²) in [5.41, 5.74) is 4.05. The number of hydrogen-bond acceptors (Lipinski definition) is 5. The number of amides is 2. The first-order valence-corrected chi connectivity index (χ1v) is 10.2. The maximum absolute atomic E-state index is 12.6. The van der Waals surface area contributed by atoms with Gasteiger partial charge in [0.25, 0.3) is 0 Å². The summed E-state index contributed by atoms with van der Waals surface area (Å²) >= 11 is 12.3. The molecule has 5 nitrogen and oxygen atoms in total. The fourth-order valence-corrected chi connectivity index (χ4v) is 4.85. The van der Waals surface area contributed by atoms with E-state index in [1.807, 2.05) is 24.3 Å². The maximum Gasteiger partial charge on any atom is 0.239 e. The minimum Gasteiger partial charge on any atom is -0.311 e. The van der Waals surface area contributed by atoms with E-state index in [1.165, 1.54) is 11.8 Å². The smallest absolute Gasteiger partial charge is 0.239 e. The van der Waals surface area contributed by atoms with E-state index in [4.69, 9.17) is 23.8 Å². The van der Waals surface area contributed by atoms with Gasteiger partial charge in [-0.15, -0.1) is 12.4 Å². The van der Waals surface area contributed by atoms with Crippen molar-refractivity contribution in [2.24, 2.45) is 0 Å². The molecule has 9 heteroatoms. The molecule has 1 saturated heterocycles. The average Bonchev–Trinajstić information content (AvgIpc) is 2.96. The van der Waals surface area contributed by atoms with Gasteiger partial charge in [0.05, 0.1) is 11.8 Å². The molecule has 0 spiro atoms. The van der Waals surface area contributed by atoms with Gasteiger partial charge < -0.3 is 10.2 Å². The van der Waals surface area contributed by atoms with Crippen LogP contribution in [-0.4, -0.2) is 26.4 Å². The molecule has 2 aliphatic heterocycles. The lowest BCUT2D eigenvalue weighted by Crippen LogP contribution is -2.35. The van der Waals surface area contributed by atoms with Gasteiger partial charge in [-0.2, -0.15) is 0 Å². The van der Waals surface area contributed by atoms with Crippen molar-refractivity contribution >= 4 is 69.8 Å². The van der Waals surface area contributed by atoms with E-state index in [2.05, 4.69) is 10.3 Å². The number of pyridine rings is 1. The Bertz CT molecular complexity index is 937. The van der Waals surface area contributed by atoms with Crippen LogP contribution in [0.1, 0.15) is 23.1 Å². The van der Waals surface area contributed by atoms with Crippen LogP contribution in [0, 0.1) is 0 Å². The Hall–Kier alpha value is -1.67.